The number of nitrogens with one attached hydrogen (secondary N) is 1. The van der Waals surface area contributed by atoms with Crippen molar-refractivity contribution in [2.24, 2.45) is 5.92 Å². The lowest BCUT2D eigenvalue weighted by Gasteiger charge is -2.27. The third-order valence-electron chi connectivity index (χ3n) is 3.63. The van der Waals surface area contributed by atoms with Gasteiger partial charge in [-0.15, -0.1) is 0 Å². The van der Waals surface area contributed by atoms with E-state index in [9.17, 15) is 0 Å². The van der Waals surface area contributed by atoms with Gasteiger partial charge in [0.1, 0.15) is 24.7 Å². The molecule has 0 bridgehead atoms. The van der Waals surface area contributed by atoms with Gasteiger partial charge in [-0.05, 0) is 25.0 Å². The van der Waals surface area contributed by atoms with Crippen LogP contribution in [0.5, 0.6) is 11.5 Å². The predicted molar refractivity (Wildman–Crippen MR) is 72.5 cm³/mol. The molecule has 1 N–H and O–H groups in total. The molecule has 18 heavy (non-hydrogen) atoms. The van der Waals surface area contributed by atoms with E-state index in [0.717, 1.165) is 30.6 Å². The molecule has 100 valence electrons. The molecule has 0 aliphatic carbocycles. The number of rotatable bonds is 5. The van der Waals surface area contributed by atoms with Crippen LogP contribution in [0.1, 0.15) is 19.8 Å². The number of hydrogen-bond acceptors (Lipinski definition) is 2. The van der Waals surface area contributed by atoms with Crippen molar-refractivity contribution in [2.45, 2.75) is 19.8 Å². The van der Waals surface area contributed by atoms with E-state index >= 15 is 0 Å². The molecule has 1 heterocycles. The second-order valence-corrected chi connectivity index (χ2v) is 5.23. The molecule has 2 atom stereocenters. The molecule has 3 heteroatoms. The maximum Gasteiger partial charge on any atom is 0.137 e. The van der Waals surface area contributed by atoms with Crippen molar-refractivity contribution in [3.8, 4) is 11.5 Å². The molecule has 0 amide bonds. The Bertz CT molecular complexity index is 367. The summed E-state index contributed by atoms with van der Waals surface area (Å²) in [6.07, 6.45) is 2.75. The van der Waals surface area contributed by atoms with E-state index in [1.165, 1.54) is 25.9 Å². The minimum atomic E-state index is 0.787. The Labute approximate surface area is 110 Å². The van der Waals surface area contributed by atoms with Crippen LogP contribution in [-0.2, 0) is 0 Å². The van der Waals surface area contributed by atoms with Crippen molar-refractivity contribution >= 4 is 0 Å². The van der Waals surface area contributed by atoms with E-state index in [0.29, 0.717) is 0 Å². The normalized spacial score (nSPS) is 23.7. The van der Waals surface area contributed by atoms with E-state index in [4.69, 9.17) is 9.47 Å². The average molecular weight is 250 g/mol. The monoisotopic (exact) mass is 250 g/mol. The molecule has 1 aliphatic heterocycles. The lowest BCUT2D eigenvalue weighted by Crippen LogP contribution is -3.14. The molecule has 0 saturated carbocycles. The first-order valence-electron chi connectivity index (χ1n) is 6.88. The van der Waals surface area contributed by atoms with Crippen LogP contribution in [0.25, 0.3) is 0 Å². The van der Waals surface area contributed by atoms with Crippen LogP contribution in [0.3, 0.4) is 0 Å². The van der Waals surface area contributed by atoms with E-state index < -0.39 is 0 Å². The van der Waals surface area contributed by atoms with Crippen molar-refractivity contribution in [1.82, 2.24) is 0 Å². The van der Waals surface area contributed by atoms with E-state index in [1.807, 2.05) is 24.3 Å². The highest BCUT2D eigenvalue weighted by molar-refractivity contribution is 5.32. The molecule has 0 spiro atoms. The molecular weight excluding hydrogens is 226 g/mol. The quantitative estimate of drug-likeness (QED) is 0.853. The predicted octanol–water partition coefficient (Wildman–Crippen LogP) is 1.39. The zero-order valence-electron chi connectivity index (χ0n) is 11.4. The number of methoxy groups -OCH3 is 1. The van der Waals surface area contributed by atoms with E-state index in [-0.39, 0.29) is 0 Å². The molecule has 1 aromatic rings. The van der Waals surface area contributed by atoms with Gasteiger partial charge in [0.25, 0.3) is 0 Å². The fourth-order valence-electron chi connectivity index (χ4n) is 2.63. The summed E-state index contributed by atoms with van der Waals surface area (Å²) in [7, 11) is 1.68. The highest BCUT2D eigenvalue weighted by Crippen LogP contribution is 2.18. The fraction of sp³-hybridized carbons (Fsp3) is 0.600. The zero-order chi connectivity index (χ0) is 12.8. The van der Waals surface area contributed by atoms with E-state index in [2.05, 4.69) is 6.92 Å². The minimum absolute atomic E-state index is 0.787. The Morgan fingerprint density at radius 1 is 1.33 bits per heavy atom. The summed E-state index contributed by atoms with van der Waals surface area (Å²) in [4.78, 5) is 1.68. The average Bonchev–Trinajstić information content (AvgIpc) is 2.39. The highest BCUT2D eigenvalue weighted by atomic mass is 16.5. The Hall–Kier alpha value is -1.22. The maximum absolute atomic E-state index is 5.79. The topological polar surface area (TPSA) is 22.9 Å². The second-order valence-electron chi connectivity index (χ2n) is 5.23. The van der Waals surface area contributed by atoms with Gasteiger partial charge in [0.2, 0.25) is 0 Å². The van der Waals surface area contributed by atoms with Crippen LogP contribution in [0.15, 0.2) is 24.3 Å². The van der Waals surface area contributed by atoms with Gasteiger partial charge < -0.3 is 14.4 Å². The third kappa shape index (κ3) is 3.91. The van der Waals surface area contributed by atoms with Crippen LogP contribution in [0.2, 0.25) is 0 Å². The van der Waals surface area contributed by atoms with Crippen molar-refractivity contribution in [1.29, 1.82) is 0 Å². The summed E-state index contributed by atoms with van der Waals surface area (Å²) in [5.41, 5.74) is 0. The van der Waals surface area contributed by atoms with Gasteiger partial charge in [0, 0.05) is 12.0 Å². The molecule has 1 fully saturated rings. The third-order valence-corrected chi connectivity index (χ3v) is 3.63. The van der Waals surface area contributed by atoms with E-state index in [1.54, 1.807) is 12.0 Å². The van der Waals surface area contributed by atoms with Gasteiger partial charge >= 0.3 is 0 Å². The Kier molecular flexibility index (Phi) is 4.88. The number of quaternary nitrogens is 1. The van der Waals surface area contributed by atoms with Crippen molar-refractivity contribution < 1.29 is 14.4 Å². The van der Waals surface area contributed by atoms with Crippen molar-refractivity contribution in [3.63, 3.8) is 0 Å². The molecule has 0 radical (unpaired) electrons. The standard InChI is InChI=1S/C15H23NO2/c1-13-5-4-8-16(12-13)9-10-18-15-7-3-6-14(11-15)17-2/h3,6-7,11,13H,4-5,8-10,12H2,1-2H3/p+1/t13-/m0/s1. The summed E-state index contributed by atoms with van der Waals surface area (Å²) < 4.78 is 11.0. The van der Waals surface area contributed by atoms with Crippen LogP contribution >= 0.6 is 0 Å². The van der Waals surface area contributed by atoms with Crippen molar-refractivity contribution in [2.75, 3.05) is 33.4 Å². The largest absolute Gasteiger partial charge is 0.497 e. The first-order chi connectivity index (χ1) is 8.78. The first-order valence-corrected chi connectivity index (χ1v) is 6.88. The maximum atomic E-state index is 5.79. The smallest absolute Gasteiger partial charge is 0.137 e. The molecule has 0 aromatic heterocycles. The van der Waals surface area contributed by atoms with Gasteiger partial charge in [-0.25, -0.2) is 0 Å². The number of likely N-dealkylation sites (tertiary alicyclic amines) is 1. The molecular formula is C15H24NO2+. The van der Waals surface area contributed by atoms with Crippen LogP contribution in [0.4, 0.5) is 0 Å². The molecule has 1 saturated heterocycles. The number of ether oxygens (including phenoxy) is 2. The lowest BCUT2D eigenvalue weighted by atomic mass is 10.0. The Morgan fingerprint density at radius 2 is 2.17 bits per heavy atom. The summed E-state index contributed by atoms with van der Waals surface area (Å²) in [5, 5.41) is 0. The Balaban J connectivity index is 1.74. The molecule has 3 nitrogen and oxygen atoms in total. The molecule has 1 aromatic carbocycles. The van der Waals surface area contributed by atoms with Gasteiger partial charge in [-0.1, -0.05) is 13.0 Å². The first kappa shape index (κ1) is 13.2. The summed E-state index contributed by atoms with van der Waals surface area (Å²) in [6.45, 7) is 6.83. The number of piperidine rings is 1. The van der Waals surface area contributed by atoms with Gasteiger partial charge in [0.15, 0.2) is 0 Å². The molecule has 2 rings (SSSR count). The summed E-state index contributed by atoms with van der Waals surface area (Å²) in [6, 6.07) is 7.82. The van der Waals surface area contributed by atoms with Crippen LogP contribution in [0, 0.1) is 5.92 Å². The SMILES string of the molecule is COc1cccc(OCC[NH+]2CCC[C@H](C)C2)c1. The van der Waals surface area contributed by atoms with Gasteiger partial charge in [0.05, 0.1) is 20.2 Å². The van der Waals surface area contributed by atoms with Gasteiger partial charge in [-0.2, -0.15) is 0 Å². The minimum Gasteiger partial charge on any atom is -0.497 e. The summed E-state index contributed by atoms with van der Waals surface area (Å²) in [5.74, 6) is 2.62. The molecule has 1 aliphatic rings. The van der Waals surface area contributed by atoms with Crippen LogP contribution in [-0.4, -0.2) is 33.4 Å². The number of hydrogen-bond donors (Lipinski definition) is 1. The highest BCUT2D eigenvalue weighted by Gasteiger charge is 2.19. The fourth-order valence-corrected chi connectivity index (χ4v) is 2.63. The van der Waals surface area contributed by atoms with Crippen molar-refractivity contribution in [3.05, 3.63) is 24.3 Å². The van der Waals surface area contributed by atoms with Crippen LogP contribution < -0.4 is 14.4 Å². The summed E-state index contributed by atoms with van der Waals surface area (Å²) >= 11 is 0. The number of benzene rings is 1. The molecule has 1 unspecified atom stereocenters. The van der Waals surface area contributed by atoms with Gasteiger partial charge in [-0.3, -0.25) is 0 Å². The zero-order valence-corrected chi connectivity index (χ0v) is 11.4. The lowest BCUT2D eigenvalue weighted by molar-refractivity contribution is -0.908. The Morgan fingerprint density at radius 3 is 2.94 bits per heavy atom. The second kappa shape index (κ2) is 6.64.